The molecule has 0 aromatic heterocycles. The Hall–Kier alpha value is -1.26. The molecule has 1 aliphatic heterocycles. The summed E-state index contributed by atoms with van der Waals surface area (Å²) in [6.45, 7) is 4.14. The van der Waals surface area contributed by atoms with Crippen LogP contribution in [0.25, 0.3) is 0 Å². The van der Waals surface area contributed by atoms with Crippen molar-refractivity contribution in [1.29, 1.82) is 0 Å². The van der Waals surface area contributed by atoms with Crippen LogP contribution in [0, 0.1) is 5.92 Å². The third-order valence-corrected chi connectivity index (χ3v) is 3.83. The van der Waals surface area contributed by atoms with Gasteiger partial charge in [0.1, 0.15) is 0 Å². The van der Waals surface area contributed by atoms with E-state index in [4.69, 9.17) is 5.11 Å². The maximum Gasteiger partial charge on any atom is 0.320 e. The maximum atomic E-state index is 12.3. The van der Waals surface area contributed by atoms with Crippen LogP contribution < -0.4 is 0 Å². The monoisotopic (exact) mass is 254 g/mol. The average molecular weight is 254 g/mol. The fourth-order valence-electron chi connectivity index (χ4n) is 2.77. The minimum Gasteiger partial charge on any atom is -0.481 e. The van der Waals surface area contributed by atoms with Crippen LogP contribution in [0.2, 0.25) is 0 Å². The Bertz CT molecular complexity index is 328. The minimum absolute atomic E-state index is 0.107. The van der Waals surface area contributed by atoms with Gasteiger partial charge in [0.25, 0.3) is 0 Å². The quantitative estimate of drug-likeness (QED) is 0.831. The van der Waals surface area contributed by atoms with Gasteiger partial charge in [0.05, 0.1) is 0 Å². The van der Waals surface area contributed by atoms with E-state index in [1.807, 2.05) is 16.7 Å². The number of carbonyl (C=O) groups excluding carboxylic acids is 1. The van der Waals surface area contributed by atoms with Crippen LogP contribution in [0.3, 0.4) is 0 Å². The summed E-state index contributed by atoms with van der Waals surface area (Å²) in [6, 6.07) is 0.539. The van der Waals surface area contributed by atoms with E-state index < -0.39 is 5.97 Å². The van der Waals surface area contributed by atoms with E-state index in [1.54, 1.807) is 0 Å². The zero-order valence-electron chi connectivity index (χ0n) is 11.0. The largest absolute Gasteiger partial charge is 0.481 e. The molecule has 1 heterocycles. The van der Waals surface area contributed by atoms with Gasteiger partial charge in [-0.05, 0) is 38.5 Å². The van der Waals surface area contributed by atoms with E-state index in [9.17, 15) is 9.59 Å². The molecule has 2 aliphatic rings. The Labute approximate surface area is 108 Å². The van der Waals surface area contributed by atoms with E-state index in [0.717, 1.165) is 38.8 Å². The van der Waals surface area contributed by atoms with Crippen molar-refractivity contribution >= 4 is 12.0 Å². The number of hydrogen-bond donors (Lipinski definition) is 1. The smallest absolute Gasteiger partial charge is 0.320 e. The number of hydrogen-bond acceptors (Lipinski definition) is 2. The third-order valence-electron chi connectivity index (χ3n) is 3.83. The fourth-order valence-corrected chi connectivity index (χ4v) is 2.77. The van der Waals surface area contributed by atoms with Gasteiger partial charge in [-0.25, -0.2) is 4.79 Å². The van der Waals surface area contributed by atoms with Crippen LogP contribution >= 0.6 is 0 Å². The van der Waals surface area contributed by atoms with Gasteiger partial charge in [-0.2, -0.15) is 0 Å². The highest BCUT2D eigenvalue weighted by atomic mass is 16.4. The number of carbonyl (C=O) groups is 2. The van der Waals surface area contributed by atoms with Gasteiger partial charge >= 0.3 is 12.0 Å². The van der Waals surface area contributed by atoms with Gasteiger partial charge in [-0.15, -0.1) is 0 Å². The fraction of sp³-hybridized carbons (Fsp3) is 0.846. The molecule has 0 aromatic rings. The molecule has 102 valence electrons. The molecular weight excluding hydrogens is 232 g/mol. The lowest BCUT2D eigenvalue weighted by Crippen LogP contribution is -2.48. The van der Waals surface area contributed by atoms with E-state index in [0.29, 0.717) is 12.6 Å². The molecule has 5 nitrogen and oxygen atoms in total. The number of likely N-dealkylation sites (tertiary alicyclic amines) is 1. The minimum atomic E-state index is -0.760. The molecule has 2 rings (SSSR count). The summed E-state index contributed by atoms with van der Waals surface area (Å²) < 4.78 is 0. The molecule has 0 spiro atoms. The van der Waals surface area contributed by atoms with Crippen molar-refractivity contribution in [2.45, 2.75) is 45.1 Å². The predicted molar refractivity (Wildman–Crippen MR) is 67.3 cm³/mol. The van der Waals surface area contributed by atoms with Crippen molar-refractivity contribution in [3.8, 4) is 0 Å². The van der Waals surface area contributed by atoms with Crippen LogP contribution in [0.1, 0.15) is 39.0 Å². The van der Waals surface area contributed by atoms with Crippen molar-refractivity contribution in [3.05, 3.63) is 0 Å². The molecule has 2 fully saturated rings. The zero-order chi connectivity index (χ0) is 13.1. The number of carboxylic acids is 1. The second kappa shape index (κ2) is 5.59. The number of aliphatic carboxylic acids is 1. The van der Waals surface area contributed by atoms with Gasteiger partial charge in [0.2, 0.25) is 0 Å². The first-order chi connectivity index (χ1) is 8.61. The van der Waals surface area contributed by atoms with Gasteiger partial charge in [-0.3, -0.25) is 4.79 Å². The van der Waals surface area contributed by atoms with Crippen molar-refractivity contribution in [3.63, 3.8) is 0 Å². The number of piperidine rings is 1. The molecule has 1 atom stereocenters. The summed E-state index contributed by atoms with van der Waals surface area (Å²) in [7, 11) is 0. The molecule has 18 heavy (non-hydrogen) atoms. The standard InChI is InChI=1S/C13H22N2O3/c1-2-15(11-5-6-11)13(18)14-7-3-4-10(9-14)8-12(16)17/h10-11H,2-9H2,1H3,(H,16,17). The summed E-state index contributed by atoms with van der Waals surface area (Å²) in [5, 5.41) is 8.83. The zero-order valence-corrected chi connectivity index (χ0v) is 11.0. The summed E-state index contributed by atoms with van der Waals surface area (Å²) in [6.07, 6.45) is 4.26. The van der Waals surface area contributed by atoms with Crippen LogP contribution in [0.4, 0.5) is 4.79 Å². The van der Waals surface area contributed by atoms with Crippen LogP contribution in [-0.4, -0.2) is 52.6 Å². The maximum absolute atomic E-state index is 12.3. The van der Waals surface area contributed by atoms with Crippen molar-refractivity contribution in [2.75, 3.05) is 19.6 Å². The lowest BCUT2D eigenvalue weighted by atomic mass is 9.95. The molecule has 2 amide bonds. The van der Waals surface area contributed by atoms with E-state index in [-0.39, 0.29) is 18.4 Å². The molecule has 5 heteroatoms. The Morgan fingerprint density at radius 1 is 1.33 bits per heavy atom. The highest BCUT2D eigenvalue weighted by molar-refractivity contribution is 5.75. The van der Waals surface area contributed by atoms with Gasteiger partial charge in [0, 0.05) is 32.1 Å². The SMILES string of the molecule is CCN(C(=O)N1CCCC(CC(=O)O)C1)C1CC1. The predicted octanol–water partition coefficient (Wildman–Crippen LogP) is 1.78. The molecule has 1 N–H and O–H groups in total. The Morgan fingerprint density at radius 2 is 2.06 bits per heavy atom. The molecule has 1 saturated carbocycles. The number of rotatable bonds is 4. The highest BCUT2D eigenvalue weighted by Gasteiger charge is 2.35. The average Bonchev–Trinajstić information content (AvgIpc) is 3.14. The molecule has 1 unspecified atom stereocenters. The highest BCUT2D eigenvalue weighted by Crippen LogP contribution is 2.29. The molecular formula is C13H22N2O3. The Kier molecular flexibility index (Phi) is 4.09. The Balaban J connectivity index is 1.90. The third kappa shape index (κ3) is 3.15. The normalized spacial score (nSPS) is 23.8. The lowest BCUT2D eigenvalue weighted by Gasteiger charge is -2.36. The first-order valence-corrected chi connectivity index (χ1v) is 6.89. The van der Waals surface area contributed by atoms with Crippen LogP contribution in [-0.2, 0) is 4.79 Å². The Morgan fingerprint density at radius 3 is 2.61 bits per heavy atom. The molecule has 0 aromatic carbocycles. The van der Waals surface area contributed by atoms with Crippen molar-refractivity contribution in [2.24, 2.45) is 5.92 Å². The van der Waals surface area contributed by atoms with Gasteiger partial charge in [-0.1, -0.05) is 0 Å². The number of urea groups is 1. The van der Waals surface area contributed by atoms with Gasteiger partial charge in [0.15, 0.2) is 0 Å². The first-order valence-electron chi connectivity index (χ1n) is 6.89. The number of amides is 2. The van der Waals surface area contributed by atoms with Crippen molar-refractivity contribution in [1.82, 2.24) is 9.80 Å². The summed E-state index contributed by atoms with van der Waals surface area (Å²) >= 11 is 0. The summed E-state index contributed by atoms with van der Waals surface area (Å²) in [4.78, 5) is 26.9. The molecule has 1 aliphatic carbocycles. The second-order valence-corrected chi connectivity index (χ2v) is 5.35. The van der Waals surface area contributed by atoms with Crippen LogP contribution in [0.15, 0.2) is 0 Å². The van der Waals surface area contributed by atoms with E-state index >= 15 is 0 Å². The van der Waals surface area contributed by atoms with Gasteiger partial charge < -0.3 is 14.9 Å². The molecule has 1 saturated heterocycles. The second-order valence-electron chi connectivity index (χ2n) is 5.35. The number of carboxylic acid groups (broad SMARTS) is 1. The number of nitrogens with zero attached hydrogens (tertiary/aromatic N) is 2. The topological polar surface area (TPSA) is 60.9 Å². The summed E-state index contributed by atoms with van der Waals surface area (Å²) in [5.41, 5.74) is 0. The van der Waals surface area contributed by atoms with Crippen LogP contribution in [0.5, 0.6) is 0 Å². The van der Waals surface area contributed by atoms with Crippen molar-refractivity contribution < 1.29 is 14.7 Å². The first kappa shape index (κ1) is 13.2. The molecule has 0 radical (unpaired) electrons. The lowest BCUT2D eigenvalue weighted by molar-refractivity contribution is -0.138. The van der Waals surface area contributed by atoms with E-state index in [2.05, 4.69) is 0 Å². The van der Waals surface area contributed by atoms with E-state index in [1.165, 1.54) is 0 Å². The summed E-state index contributed by atoms with van der Waals surface area (Å²) in [5.74, 6) is -0.637. The molecule has 0 bridgehead atoms.